The van der Waals surface area contributed by atoms with Crippen LogP contribution in [0.1, 0.15) is 52.8 Å². The van der Waals surface area contributed by atoms with Gasteiger partial charge in [-0.3, -0.25) is 14.6 Å². The maximum absolute atomic E-state index is 12.6. The van der Waals surface area contributed by atoms with Crippen molar-refractivity contribution in [2.24, 2.45) is 0 Å². The highest BCUT2D eigenvalue weighted by atomic mass is 19.4. The lowest BCUT2D eigenvalue weighted by atomic mass is 10.0. The first-order chi connectivity index (χ1) is 13.4. The highest BCUT2D eigenvalue weighted by Gasteiger charge is 2.28. The molecule has 1 N–H and O–H groups in total. The number of ether oxygens (including phenoxy) is 1. The Kier molecular flexibility index (Phi) is 7.00. The number of aromatic nitrogens is 1. The summed E-state index contributed by atoms with van der Waals surface area (Å²) in [6, 6.07) is 7.50. The summed E-state index contributed by atoms with van der Waals surface area (Å²) in [4.78, 5) is 28.2. The zero-order chi connectivity index (χ0) is 21.8. The second kappa shape index (κ2) is 9.07. The summed E-state index contributed by atoms with van der Waals surface area (Å²) in [5, 5.41) is 2.85. The fourth-order valence-electron chi connectivity index (χ4n) is 2.84. The van der Waals surface area contributed by atoms with Crippen LogP contribution >= 0.6 is 0 Å². The van der Waals surface area contributed by atoms with Crippen molar-refractivity contribution in [1.29, 1.82) is 0 Å². The number of halogens is 3. The third-order valence-corrected chi connectivity index (χ3v) is 4.13. The van der Waals surface area contributed by atoms with Gasteiger partial charge >= 0.3 is 6.18 Å². The van der Waals surface area contributed by atoms with Gasteiger partial charge in [-0.2, -0.15) is 13.2 Å². The van der Waals surface area contributed by atoms with E-state index in [9.17, 15) is 22.8 Å². The first kappa shape index (κ1) is 22.4. The zero-order valence-electron chi connectivity index (χ0n) is 16.7. The number of hydrogen-bond acceptors (Lipinski definition) is 4. The number of aryl methyl sites for hydroxylation is 2. The largest absolute Gasteiger partial charge is 0.484 e. The zero-order valence-corrected chi connectivity index (χ0v) is 16.7. The summed E-state index contributed by atoms with van der Waals surface area (Å²) >= 11 is 0. The van der Waals surface area contributed by atoms with Gasteiger partial charge in [0, 0.05) is 23.4 Å². The molecule has 1 amide bonds. The summed E-state index contributed by atoms with van der Waals surface area (Å²) in [6.07, 6.45) is -4.21. The molecule has 0 bridgehead atoms. The fraction of sp³-hybridized carbons (Fsp3) is 0.381. The van der Waals surface area contributed by atoms with Crippen LogP contribution in [-0.2, 0) is 11.2 Å². The first-order valence-corrected chi connectivity index (χ1v) is 9.02. The van der Waals surface area contributed by atoms with E-state index in [4.69, 9.17) is 4.74 Å². The number of carbonyl (C=O) groups excluding carboxylic acids is 2. The number of amides is 1. The van der Waals surface area contributed by atoms with E-state index >= 15 is 0 Å². The smallest absolute Gasteiger partial charge is 0.422 e. The topological polar surface area (TPSA) is 68.3 Å². The third kappa shape index (κ3) is 6.89. The lowest BCUT2D eigenvalue weighted by Gasteiger charge is -2.17. The lowest BCUT2D eigenvalue weighted by molar-refractivity contribution is -0.153. The molecule has 1 aromatic heterocycles. The number of rotatable bonds is 7. The highest BCUT2D eigenvalue weighted by Crippen LogP contribution is 2.23. The van der Waals surface area contributed by atoms with E-state index in [1.165, 1.54) is 25.1 Å². The molecule has 5 nitrogen and oxygen atoms in total. The molecule has 0 radical (unpaired) electrons. The standard InChI is InChI=1S/C21H23F3N2O3/c1-12-7-16(5-6-19(12)29-11-21(22,23)24)20(28)26-15(4)17-8-13(2)25-18(10-17)9-14(3)27/h5-8,10,15H,9,11H2,1-4H3,(H,26,28). The summed E-state index contributed by atoms with van der Waals surface area (Å²) in [7, 11) is 0. The van der Waals surface area contributed by atoms with Gasteiger partial charge in [-0.25, -0.2) is 0 Å². The molecule has 29 heavy (non-hydrogen) atoms. The molecule has 0 aliphatic rings. The van der Waals surface area contributed by atoms with Crippen molar-refractivity contribution in [2.75, 3.05) is 6.61 Å². The Hall–Kier alpha value is -2.90. The van der Waals surface area contributed by atoms with Gasteiger partial charge in [-0.05, 0) is 69.2 Å². The van der Waals surface area contributed by atoms with Gasteiger partial charge in [0.1, 0.15) is 11.5 Å². The third-order valence-electron chi connectivity index (χ3n) is 4.13. The quantitative estimate of drug-likeness (QED) is 0.743. The average Bonchev–Trinajstić information content (AvgIpc) is 2.58. The Bertz CT molecular complexity index is 911. The summed E-state index contributed by atoms with van der Waals surface area (Å²) in [5.41, 5.74) is 2.92. The van der Waals surface area contributed by atoms with Crippen LogP contribution in [0.4, 0.5) is 13.2 Å². The monoisotopic (exact) mass is 408 g/mol. The van der Waals surface area contributed by atoms with Crippen LogP contribution in [0, 0.1) is 13.8 Å². The Balaban J connectivity index is 2.10. The number of benzene rings is 1. The second-order valence-electron chi connectivity index (χ2n) is 6.99. The molecule has 1 aromatic carbocycles. The van der Waals surface area contributed by atoms with Gasteiger partial charge in [-0.1, -0.05) is 0 Å². The van der Waals surface area contributed by atoms with E-state index in [2.05, 4.69) is 10.3 Å². The van der Waals surface area contributed by atoms with Crippen LogP contribution in [-0.4, -0.2) is 29.5 Å². The molecule has 156 valence electrons. The number of ketones is 1. The van der Waals surface area contributed by atoms with E-state index in [1.54, 1.807) is 19.9 Å². The molecule has 0 fully saturated rings. The van der Waals surface area contributed by atoms with Crippen molar-refractivity contribution in [3.63, 3.8) is 0 Å². The molecule has 0 aliphatic heterocycles. The fourth-order valence-corrected chi connectivity index (χ4v) is 2.84. The SMILES string of the molecule is CC(=O)Cc1cc(C(C)NC(=O)c2ccc(OCC(F)(F)F)c(C)c2)cc(C)n1. The van der Waals surface area contributed by atoms with Gasteiger partial charge < -0.3 is 10.1 Å². The Morgan fingerprint density at radius 2 is 1.86 bits per heavy atom. The van der Waals surface area contributed by atoms with Crippen LogP contribution in [0.5, 0.6) is 5.75 Å². The molecule has 2 rings (SSSR count). The predicted molar refractivity (Wildman–Crippen MR) is 102 cm³/mol. The molecular weight excluding hydrogens is 385 g/mol. The summed E-state index contributed by atoms with van der Waals surface area (Å²) in [6.45, 7) is 5.29. The number of alkyl halides is 3. The van der Waals surface area contributed by atoms with Crippen LogP contribution in [0.3, 0.4) is 0 Å². The van der Waals surface area contributed by atoms with Crippen LogP contribution in [0.25, 0.3) is 0 Å². The van der Waals surface area contributed by atoms with E-state index in [-0.39, 0.29) is 29.9 Å². The summed E-state index contributed by atoms with van der Waals surface area (Å²) < 4.78 is 41.7. The molecule has 1 atom stereocenters. The van der Waals surface area contributed by atoms with Crippen molar-refractivity contribution in [3.05, 3.63) is 58.4 Å². The Morgan fingerprint density at radius 1 is 1.17 bits per heavy atom. The van der Waals surface area contributed by atoms with Crippen molar-refractivity contribution in [2.45, 2.75) is 46.3 Å². The Labute approximate surface area is 167 Å². The number of hydrogen-bond donors (Lipinski definition) is 1. The van der Waals surface area contributed by atoms with Crippen molar-refractivity contribution < 1.29 is 27.5 Å². The van der Waals surface area contributed by atoms with E-state index in [1.807, 2.05) is 13.0 Å². The first-order valence-electron chi connectivity index (χ1n) is 9.02. The molecule has 0 saturated carbocycles. The van der Waals surface area contributed by atoms with Crippen LogP contribution in [0.2, 0.25) is 0 Å². The number of carbonyl (C=O) groups is 2. The van der Waals surface area contributed by atoms with Gasteiger partial charge in [0.2, 0.25) is 0 Å². The van der Waals surface area contributed by atoms with E-state index in [0.717, 1.165) is 11.3 Å². The minimum Gasteiger partial charge on any atom is -0.484 e. The van der Waals surface area contributed by atoms with Crippen molar-refractivity contribution >= 4 is 11.7 Å². The lowest BCUT2D eigenvalue weighted by Crippen LogP contribution is -2.27. The molecule has 1 heterocycles. The summed E-state index contributed by atoms with van der Waals surface area (Å²) in [5.74, 6) is -0.301. The molecule has 0 spiro atoms. The molecule has 2 aromatic rings. The van der Waals surface area contributed by atoms with Crippen molar-refractivity contribution in [3.8, 4) is 5.75 Å². The number of pyridine rings is 1. The minimum atomic E-state index is -4.43. The van der Waals surface area contributed by atoms with Crippen molar-refractivity contribution in [1.82, 2.24) is 10.3 Å². The van der Waals surface area contributed by atoms with Gasteiger partial charge in [0.25, 0.3) is 5.91 Å². The maximum Gasteiger partial charge on any atom is 0.422 e. The van der Waals surface area contributed by atoms with Crippen LogP contribution in [0.15, 0.2) is 30.3 Å². The van der Waals surface area contributed by atoms with E-state index in [0.29, 0.717) is 16.8 Å². The highest BCUT2D eigenvalue weighted by molar-refractivity contribution is 5.94. The molecule has 0 aliphatic carbocycles. The number of nitrogens with zero attached hydrogens (tertiary/aromatic N) is 1. The average molecular weight is 408 g/mol. The van der Waals surface area contributed by atoms with Crippen LogP contribution < -0.4 is 10.1 Å². The minimum absolute atomic E-state index is 0.00551. The molecule has 8 heteroatoms. The number of nitrogens with one attached hydrogen (secondary N) is 1. The number of Topliss-reactive ketones (excluding diaryl/α,β-unsaturated/α-hetero) is 1. The Morgan fingerprint density at radius 3 is 2.45 bits per heavy atom. The second-order valence-corrected chi connectivity index (χ2v) is 6.99. The van der Waals surface area contributed by atoms with Gasteiger partial charge in [0.05, 0.1) is 6.04 Å². The predicted octanol–water partition coefficient (Wildman–Crippen LogP) is 4.26. The molecular formula is C21H23F3N2O3. The maximum atomic E-state index is 12.6. The molecule has 0 saturated heterocycles. The van der Waals surface area contributed by atoms with E-state index < -0.39 is 12.8 Å². The molecule has 1 unspecified atom stereocenters. The normalized spacial score (nSPS) is 12.4. The van der Waals surface area contributed by atoms with Gasteiger partial charge in [0.15, 0.2) is 6.61 Å². The van der Waals surface area contributed by atoms with Gasteiger partial charge in [-0.15, -0.1) is 0 Å².